The SMILES string of the molecule is CCOc1ccccc1[C@H](Cn1c(=O)n(C(C)(C)C(=O)O)c(=O)c2c(C)c(-c3ncco3)sc21)OC1CCCCC1.COc1ccccc1[C@H](Cn1c(=O)n(C(C)(C)C(=O)O)c(=O)c2c(C)c(-c3ncco3)sc21)OC1CCC(C)CC1.COc1ccccc1[C@H](Cn1c(=O)n(C(C)(C)C(=O)O)c(=O)c2c(C)c(-c3ncco3)sc21)OC1CCCCC1. The first kappa shape index (κ1) is 88.7. The number of para-hydroxylation sites is 3. The van der Waals surface area contributed by atoms with E-state index in [0.29, 0.717) is 93.3 Å². The van der Waals surface area contributed by atoms with Gasteiger partial charge < -0.3 is 57.0 Å². The van der Waals surface area contributed by atoms with Gasteiger partial charge in [-0.15, -0.1) is 34.0 Å². The largest absolute Gasteiger partial charge is 0.496 e. The summed E-state index contributed by atoms with van der Waals surface area (Å²) >= 11 is 3.65. The van der Waals surface area contributed by atoms with Crippen molar-refractivity contribution in [3.05, 3.63) is 206 Å². The maximum absolute atomic E-state index is 14.2. The summed E-state index contributed by atoms with van der Waals surface area (Å²) in [6.45, 7) is 18.1. The highest BCUT2D eigenvalue weighted by atomic mass is 32.1. The van der Waals surface area contributed by atoms with Gasteiger partial charge in [0.2, 0.25) is 17.7 Å². The smallest absolute Gasteiger partial charge is 0.333 e. The van der Waals surface area contributed by atoms with Crippen LogP contribution in [0.15, 0.2) is 152 Å². The van der Waals surface area contributed by atoms with E-state index in [2.05, 4.69) is 21.9 Å². The summed E-state index contributed by atoms with van der Waals surface area (Å²) in [5.41, 5.74) is -5.55. The Hall–Kier alpha value is -11.1. The summed E-state index contributed by atoms with van der Waals surface area (Å²) in [5, 5.41) is 30.8. The number of methoxy groups -OCH3 is 2. The van der Waals surface area contributed by atoms with E-state index in [1.54, 1.807) is 35.0 Å². The van der Waals surface area contributed by atoms with E-state index in [1.165, 1.54) is 127 Å². The van der Waals surface area contributed by atoms with Crippen LogP contribution in [-0.2, 0) is 64.8 Å². The van der Waals surface area contributed by atoms with Crippen LogP contribution in [-0.4, -0.2) is 115 Å². The lowest BCUT2D eigenvalue weighted by molar-refractivity contribution is -0.146. The molecule has 3 aliphatic carbocycles. The molecule has 33 heteroatoms. The molecule has 0 saturated heterocycles. The molecule has 9 heterocycles. The molecule has 3 aromatic carbocycles. The van der Waals surface area contributed by atoms with E-state index in [1.807, 2.05) is 79.7 Å². The number of nitrogens with zero attached hydrogens (tertiary/aromatic N) is 9. The molecule has 3 aliphatic rings. The molecule has 0 amide bonds. The Bertz CT molecular complexity index is 6150. The Morgan fingerprint density at radius 1 is 0.443 bits per heavy atom. The Labute approximate surface area is 713 Å². The van der Waals surface area contributed by atoms with E-state index in [4.69, 9.17) is 41.7 Å². The number of carbonyl (C=O) groups is 3. The quantitative estimate of drug-likeness (QED) is 0.0410. The molecule has 0 spiro atoms. The lowest BCUT2D eigenvalue weighted by Gasteiger charge is -2.31. The second kappa shape index (κ2) is 37.3. The molecule has 0 radical (unpaired) electrons. The van der Waals surface area contributed by atoms with Crippen molar-refractivity contribution in [3.63, 3.8) is 0 Å². The van der Waals surface area contributed by atoms with Crippen molar-refractivity contribution in [3.8, 4) is 49.6 Å². The van der Waals surface area contributed by atoms with Gasteiger partial charge >= 0.3 is 35.0 Å². The van der Waals surface area contributed by atoms with Crippen LogP contribution in [0.5, 0.6) is 17.2 Å². The van der Waals surface area contributed by atoms with Gasteiger partial charge in [0, 0.05) is 16.7 Å². The van der Waals surface area contributed by atoms with Gasteiger partial charge in [-0.1, -0.05) is 100 Å². The highest BCUT2D eigenvalue weighted by Gasteiger charge is 2.41. The number of carboxylic acid groups (broad SMARTS) is 3. The van der Waals surface area contributed by atoms with Crippen LogP contribution in [0.1, 0.15) is 197 Å². The summed E-state index contributed by atoms with van der Waals surface area (Å²) in [6.07, 6.45) is 21.2. The van der Waals surface area contributed by atoms with E-state index in [9.17, 15) is 58.5 Å². The van der Waals surface area contributed by atoms with Crippen LogP contribution < -0.4 is 48.0 Å². The molecule has 3 atom stereocenters. The first-order chi connectivity index (χ1) is 58.3. The molecule has 9 aromatic heterocycles. The van der Waals surface area contributed by atoms with Crippen LogP contribution in [0.3, 0.4) is 0 Å². The number of hydrogen-bond acceptors (Lipinski definition) is 24. The Morgan fingerprint density at radius 3 is 1.01 bits per heavy atom. The lowest BCUT2D eigenvalue weighted by Crippen LogP contribution is -2.52. The van der Waals surface area contributed by atoms with Gasteiger partial charge in [0.05, 0.1) is 108 Å². The summed E-state index contributed by atoms with van der Waals surface area (Å²) in [4.78, 5) is 137. The topological polar surface area (TPSA) is 377 Å². The van der Waals surface area contributed by atoms with Gasteiger partial charge in [-0.05, 0) is 161 Å². The molecular formula is C89H103N9O21S3. The van der Waals surface area contributed by atoms with Gasteiger partial charge in [0.15, 0.2) is 0 Å². The molecule has 0 unspecified atom stereocenters. The summed E-state index contributed by atoms with van der Waals surface area (Å²) in [5.74, 6) is -0.393. The number of oxazole rings is 3. The number of rotatable bonds is 28. The molecule has 0 bridgehead atoms. The summed E-state index contributed by atoms with van der Waals surface area (Å²) in [6, 6.07) is 22.6. The van der Waals surface area contributed by atoms with Crippen molar-refractivity contribution < 1.29 is 71.4 Å². The van der Waals surface area contributed by atoms with Gasteiger partial charge in [0.25, 0.3) is 16.7 Å². The number of carboxylic acids is 3. The van der Waals surface area contributed by atoms with Crippen molar-refractivity contribution >= 4 is 82.6 Å². The molecular weight excluding hydrogens is 1630 g/mol. The van der Waals surface area contributed by atoms with E-state index in [0.717, 1.165) is 120 Å². The van der Waals surface area contributed by atoms with Crippen molar-refractivity contribution in [2.24, 2.45) is 5.92 Å². The van der Waals surface area contributed by atoms with Gasteiger partial charge in [-0.3, -0.25) is 28.1 Å². The molecule has 3 saturated carbocycles. The average Bonchev–Trinajstić information content (AvgIpc) is 1.56. The molecule has 30 nitrogen and oxygen atoms in total. The maximum atomic E-state index is 14.2. The van der Waals surface area contributed by atoms with Crippen LogP contribution >= 0.6 is 34.0 Å². The zero-order valence-corrected chi connectivity index (χ0v) is 73.1. The predicted octanol–water partition coefficient (Wildman–Crippen LogP) is 16.0. The first-order valence-electron chi connectivity index (χ1n) is 41.1. The van der Waals surface area contributed by atoms with Crippen molar-refractivity contribution in [2.75, 3.05) is 20.8 Å². The standard InChI is InChI=1S/2C30H35N3O7S.C29H33N3O7S/c1-17-10-12-19(13-11-17)40-22(20-8-6-7-9-21(20)38-5)16-32-27-23(18(2)24(41-27)25-31-14-15-39-25)26(34)33(29(32)37)30(3,4)28(35)36;1-5-38-21-14-10-9-13-20(21)22(40-19-11-7-6-8-12-19)17-32-27-23(18(2)24(41-27)25-31-15-16-39-25)26(34)33(29(32)37)30(3,4)28(35)36;1-17-22-25(33)32(29(2,3)27(34)35)28(36)31(26(22)40-23(17)24-30-14-15-38-24)16-21(39-18-10-6-5-7-11-18)19-12-8-9-13-20(19)37-4/h6-9,14-15,17,19,22H,10-13,16H2,1-5H3,(H,35,36);9-10,13-16,19,22H,5-8,11-12,17H2,1-4H3,(H,35,36);8-9,12-15,18,21H,5-7,10-11,16H2,1-4H3,(H,34,35)/t17?,19?,22-;22-;21-/m000/s1. The fourth-order valence-electron chi connectivity index (χ4n) is 16.4. The number of ether oxygens (including phenoxy) is 6. The normalized spacial score (nSPS) is 16.4. The van der Waals surface area contributed by atoms with Gasteiger partial charge in [-0.2, -0.15) is 0 Å². The minimum Gasteiger partial charge on any atom is -0.496 e. The Kier molecular flexibility index (Phi) is 27.1. The fourth-order valence-corrected chi connectivity index (χ4v) is 20.1. The molecule has 648 valence electrons. The summed E-state index contributed by atoms with van der Waals surface area (Å²) < 4.78 is 60.9. The number of aromatic nitrogens is 9. The predicted molar refractivity (Wildman–Crippen MR) is 463 cm³/mol. The highest BCUT2D eigenvalue weighted by Crippen LogP contribution is 2.44. The van der Waals surface area contributed by atoms with E-state index in [-0.39, 0.29) is 54.1 Å². The third-order valence-corrected chi connectivity index (χ3v) is 27.4. The number of aryl methyl sites for hydroxylation is 3. The second-order valence-electron chi connectivity index (χ2n) is 32.6. The number of fused-ring (bicyclic) bond motifs is 3. The van der Waals surface area contributed by atoms with Crippen LogP contribution in [0.2, 0.25) is 0 Å². The Balaban J connectivity index is 0.000000158. The van der Waals surface area contributed by atoms with Crippen LogP contribution in [0, 0.1) is 26.7 Å². The number of thiophene rings is 3. The average molecular weight is 1730 g/mol. The zero-order chi connectivity index (χ0) is 87.4. The van der Waals surface area contributed by atoms with Crippen LogP contribution in [0.25, 0.3) is 63.0 Å². The molecule has 12 aromatic rings. The Morgan fingerprint density at radius 2 is 0.730 bits per heavy atom. The van der Waals surface area contributed by atoms with Gasteiger partial charge in [0.1, 0.15) is 85.5 Å². The summed E-state index contributed by atoms with van der Waals surface area (Å²) in [7, 11) is 3.17. The first-order valence-corrected chi connectivity index (χ1v) is 43.5. The lowest BCUT2D eigenvalue weighted by atomic mass is 9.88. The second-order valence-corrected chi connectivity index (χ2v) is 35.6. The molecule has 0 aliphatic heterocycles. The number of hydrogen-bond donors (Lipinski definition) is 3. The van der Waals surface area contributed by atoms with E-state index >= 15 is 0 Å². The van der Waals surface area contributed by atoms with E-state index < -0.39 is 86.6 Å². The monoisotopic (exact) mass is 1730 g/mol. The third-order valence-electron chi connectivity index (χ3n) is 23.5. The number of benzene rings is 3. The van der Waals surface area contributed by atoms with Gasteiger partial charge in [-0.25, -0.2) is 57.4 Å². The molecule has 15 rings (SSSR count). The van der Waals surface area contributed by atoms with Crippen LogP contribution in [0.4, 0.5) is 0 Å². The van der Waals surface area contributed by atoms with Crippen molar-refractivity contribution in [1.29, 1.82) is 0 Å². The minimum atomic E-state index is -1.80. The molecule has 3 N–H and O–H groups in total. The highest BCUT2D eigenvalue weighted by molar-refractivity contribution is 7.22. The van der Waals surface area contributed by atoms with Crippen molar-refractivity contribution in [2.45, 2.75) is 239 Å². The molecule has 3 fully saturated rings. The maximum Gasteiger partial charge on any atom is 0.333 e. The molecule has 122 heavy (non-hydrogen) atoms. The van der Waals surface area contributed by atoms with Crippen molar-refractivity contribution in [1.82, 2.24) is 42.4 Å². The zero-order valence-electron chi connectivity index (χ0n) is 70.6. The fraction of sp³-hybridized carbons (Fsp3) is 0.461. The minimum absolute atomic E-state index is 0.00365. The number of aliphatic carboxylic acids is 3. The third kappa shape index (κ3) is 17.7.